The van der Waals surface area contributed by atoms with Crippen LogP contribution in [0.5, 0.6) is 17.2 Å². The van der Waals surface area contributed by atoms with Gasteiger partial charge in [-0.05, 0) is 18.6 Å². The average Bonchev–Trinajstić information content (AvgIpc) is 3.04. The van der Waals surface area contributed by atoms with Gasteiger partial charge in [0.15, 0.2) is 17.9 Å². The third-order valence-electron chi connectivity index (χ3n) is 9.06. The molecule has 0 bridgehead atoms. The summed E-state index contributed by atoms with van der Waals surface area (Å²) in [6.45, 7) is 1.06. The maximum absolute atomic E-state index is 13.8. The van der Waals surface area contributed by atoms with Crippen molar-refractivity contribution < 1.29 is 53.8 Å². The minimum Gasteiger partial charge on any atom is -0.507 e. The molecule has 6 N–H and O–H groups in total. The average molecular weight is 634 g/mol. The molecule has 12 nitrogen and oxygen atoms in total. The molecule has 0 saturated carbocycles. The predicted molar refractivity (Wildman–Crippen MR) is 161 cm³/mol. The van der Waals surface area contributed by atoms with Crippen LogP contribution >= 0.6 is 0 Å². The number of aliphatic hydroxyl groups is 2. The monoisotopic (exact) mass is 633 g/mol. The van der Waals surface area contributed by atoms with Crippen LogP contribution in [-0.4, -0.2) is 81.6 Å². The molecule has 46 heavy (non-hydrogen) atoms. The van der Waals surface area contributed by atoms with Crippen molar-refractivity contribution in [1.29, 1.82) is 0 Å². The van der Waals surface area contributed by atoms with E-state index in [1.54, 1.807) is 6.92 Å². The normalized spacial score (nSPS) is 27.0. The number of rotatable bonds is 8. The molecule has 1 aliphatic heterocycles. The van der Waals surface area contributed by atoms with E-state index in [1.165, 1.54) is 25.3 Å². The maximum Gasteiger partial charge on any atom is 0.202 e. The summed E-state index contributed by atoms with van der Waals surface area (Å²) < 4.78 is 23.7. The third-order valence-corrected chi connectivity index (χ3v) is 9.06. The third kappa shape index (κ3) is 5.26. The van der Waals surface area contributed by atoms with E-state index in [2.05, 4.69) is 0 Å². The molecule has 0 aromatic heterocycles. The number of benzene rings is 3. The summed E-state index contributed by atoms with van der Waals surface area (Å²) in [4.78, 5) is 40.3. The summed E-state index contributed by atoms with van der Waals surface area (Å²) in [5.41, 5.74) is 3.93. The molecule has 3 aromatic rings. The van der Waals surface area contributed by atoms with E-state index in [9.17, 15) is 34.8 Å². The lowest BCUT2D eigenvalue weighted by molar-refractivity contribution is -0.254. The molecule has 242 valence electrons. The Morgan fingerprint density at radius 3 is 2.41 bits per heavy atom. The van der Waals surface area contributed by atoms with E-state index in [4.69, 9.17) is 24.7 Å². The number of hydrogen-bond acceptors (Lipinski definition) is 12. The first-order valence-electron chi connectivity index (χ1n) is 14.9. The summed E-state index contributed by atoms with van der Waals surface area (Å²) >= 11 is 0. The molecule has 6 atom stereocenters. The number of fused-ring (bicyclic) bond motifs is 3. The molecule has 0 spiro atoms. The molecule has 1 heterocycles. The fourth-order valence-electron chi connectivity index (χ4n) is 6.77. The van der Waals surface area contributed by atoms with Crippen molar-refractivity contribution in [2.45, 2.75) is 69.0 Å². The van der Waals surface area contributed by atoms with Crippen LogP contribution in [0.3, 0.4) is 0 Å². The van der Waals surface area contributed by atoms with E-state index in [0.717, 1.165) is 5.56 Å². The first-order valence-corrected chi connectivity index (χ1v) is 14.9. The molecule has 1 saturated heterocycles. The fraction of sp³-hybridized carbons (Fsp3) is 0.382. The Labute approximate surface area is 264 Å². The molecular formula is C34H35NO11. The Kier molecular flexibility index (Phi) is 8.44. The number of carbonyl (C=O) groups excluding carboxylic acids is 3. The van der Waals surface area contributed by atoms with Crippen LogP contribution in [-0.2, 0) is 32.0 Å². The Balaban J connectivity index is 1.36. The number of phenolic OH excluding ortho intramolecular Hbond substituents is 2. The van der Waals surface area contributed by atoms with Crippen LogP contribution in [0.25, 0.3) is 0 Å². The van der Waals surface area contributed by atoms with Crippen LogP contribution in [0.4, 0.5) is 0 Å². The molecule has 3 aliphatic rings. The van der Waals surface area contributed by atoms with E-state index < -0.39 is 95.7 Å². The van der Waals surface area contributed by atoms with Gasteiger partial charge >= 0.3 is 0 Å². The van der Waals surface area contributed by atoms with Crippen LogP contribution in [0.2, 0.25) is 0 Å². The largest absolute Gasteiger partial charge is 0.507 e. The van der Waals surface area contributed by atoms with Crippen LogP contribution in [0, 0.1) is 0 Å². The van der Waals surface area contributed by atoms with Gasteiger partial charge in [0.25, 0.3) is 0 Å². The number of ketones is 3. The molecular weight excluding hydrogens is 598 g/mol. The molecule has 1 fully saturated rings. The number of phenols is 2. The quantitative estimate of drug-likeness (QED) is 0.178. The fourth-order valence-corrected chi connectivity index (χ4v) is 6.77. The highest BCUT2D eigenvalue weighted by molar-refractivity contribution is 6.31. The summed E-state index contributed by atoms with van der Waals surface area (Å²) in [7, 11) is 1.34. The van der Waals surface area contributed by atoms with Crippen LogP contribution in [0.1, 0.15) is 74.4 Å². The topological polar surface area (TPSA) is 195 Å². The molecule has 2 aliphatic carbocycles. The van der Waals surface area contributed by atoms with Crippen molar-refractivity contribution >= 4 is 17.3 Å². The van der Waals surface area contributed by atoms with Gasteiger partial charge in [-0.25, -0.2) is 0 Å². The van der Waals surface area contributed by atoms with Crippen molar-refractivity contribution in [3.8, 4) is 17.2 Å². The van der Waals surface area contributed by atoms with Gasteiger partial charge in [-0.3, -0.25) is 14.4 Å². The lowest BCUT2D eigenvalue weighted by Gasteiger charge is -2.43. The van der Waals surface area contributed by atoms with E-state index >= 15 is 0 Å². The second-order valence-electron chi connectivity index (χ2n) is 11.9. The second kappa shape index (κ2) is 12.2. The van der Waals surface area contributed by atoms with Gasteiger partial charge in [-0.1, -0.05) is 42.5 Å². The van der Waals surface area contributed by atoms with Gasteiger partial charge in [-0.2, -0.15) is 0 Å². The van der Waals surface area contributed by atoms with Gasteiger partial charge in [-0.15, -0.1) is 0 Å². The standard InChI is InChI=1S/C34H35NO11/c1-16-33(44-15-17-7-4-3-5-8-17)20(35)11-24(45-16)46-22-13-34(42,23(37)14-36)12-19-26(22)32(41)28-27(30(19)39)29(38)18-9-6-10-21(43-2)25(18)31(28)40/h3-10,16,20,22,24,33,36,39,41-42H,11-15,35H2,1-2H3/t16?,20?,22?,24?,33?,34-/m0/s1. The zero-order valence-corrected chi connectivity index (χ0v) is 25.3. The first-order chi connectivity index (χ1) is 22.0. The molecule has 6 rings (SSSR count). The number of ether oxygens (including phenoxy) is 4. The minimum absolute atomic E-state index is 0.0422. The highest BCUT2D eigenvalue weighted by Gasteiger charge is 2.50. The second-order valence-corrected chi connectivity index (χ2v) is 11.9. The van der Waals surface area contributed by atoms with Crippen molar-refractivity contribution in [2.24, 2.45) is 5.73 Å². The van der Waals surface area contributed by atoms with Crippen molar-refractivity contribution in [3.05, 3.63) is 87.5 Å². The summed E-state index contributed by atoms with van der Waals surface area (Å²) in [5, 5.41) is 44.3. The van der Waals surface area contributed by atoms with Gasteiger partial charge in [0.1, 0.15) is 29.5 Å². The van der Waals surface area contributed by atoms with E-state index in [0.29, 0.717) is 6.61 Å². The molecule has 3 aromatic carbocycles. The molecule has 0 radical (unpaired) electrons. The van der Waals surface area contributed by atoms with Crippen LogP contribution < -0.4 is 10.5 Å². The highest BCUT2D eigenvalue weighted by atomic mass is 16.7. The van der Waals surface area contributed by atoms with E-state index in [-0.39, 0.29) is 34.4 Å². The summed E-state index contributed by atoms with van der Waals surface area (Å²) in [6.07, 6.45) is -4.26. The number of Topliss-reactive ketones (excluding diaryl/α,β-unsaturated/α-hetero) is 1. The maximum atomic E-state index is 13.8. The van der Waals surface area contributed by atoms with Gasteiger partial charge in [0, 0.05) is 42.0 Å². The van der Waals surface area contributed by atoms with Crippen molar-refractivity contribution in [3.63, 3.8) is 0 Å². The summed E-state index contributed by atoms with van der Waals surface area (Å²) in [6, 6.07) is 13.4. The SMILES string of the molecule is COc1cccc2c1C(=O)c1c(O)c3c(c(O)c1C2=O)C[C@@](O)(C(=O)CO)CC3OC1CC(N)C(OCc2ccccc2)C(C)O1. The van der Waals surface area contributed by atoms with Crippen LogP contribution in [0.15, 0.2) is 48.5 Å². The predicted octanol–water partition coefficient (Wildman–Crippen LogP) is 2.23. The first kappa shape index (κ1) is 31.8. The van der Waals surface area contributed by atoms with Gasteiger partial charge < -0.3 is 45.1 Å². The lowest BCUT2D eigenvalue weighted by atomic mass is 9.72. The minimum atomic E-state index is -2.24. The number of aromatic hydroxyl groups is 2. The highest BCUT2D eigenvalue weighted by Crippen LogP contribution is 2.52. The Hall–Kier alpha value is -4.17. The zero-order valence-electron chi connectivity index (χ0n) is 25.3. The Morgan fingerprint density at radius 1 is 1.02 bits per heavy atom. The molecule has 0 amide bonds. The molecule has 12 heteroatoms. The number of nitrogens with two attached hydrogens (primary N) is 1. The molecule has 5 unspecified atom stereocenters. The van der Waals surface area contributed by atoms with Gasteiger partial charge in [0.05, 0.1) is 48.7 Å². The Morgan fingerprint density at radius 2 is 1.74 bits per heavy atom. The number of methoxy groups -OCH3 is 1. The number of hydrogen-bond donors (Lipinski definition) is 5. The smallest absolute Gasteiger partial charge is 0.202 e. The zero-order chi connectivity index (χ0) is 32.9. The van der Waals surface area contributed by atoms with E-state index in [1.807, 2.05) is 30.3 Å². The summed E-state index contributed by atoms with van der Waals surface area (Å²) in [5.74, 6) is -3.68. The Bertz CT molecular complexity index is 1700. The lowest BCUT2D eigenvalue weighted by Crippen LogP contribution is -2.54. The van der Waals surface area contributed by atoms with Gasteiger partial charge in [0.2, 0.25) is 5.78 Å². The van der Waals surface area contributed by atoms with Crippen molar-refractivity contribution in [2.75, 3.05) is 13.7 Å². The number of carbonyl (C=O) groups is 3. The van der Waals surface area contributed by atoms with Crippen molar-refractivity contribution in [1.82, 2.24) is 0 Å². The number of aliphatic hydroxyl groups excluding tert-OH is 1.